The van der Waals surface area contributed by atoms with E-state index in [0.29, 0.717) is 6.04 Å². The Balaban J connectivity index is 2.12. The molecule has 21 heavy (non-hydrogen) atoms. The molecule has 2 aromatic rings. The van der Waals surface area contributed by atoms with Gasteiger partial charge in [0.05, 0.1) is 0 Å². The molecule has 1 aromatic heterocycles. The van der Waals surface area contributed by atoms with Gasteiger partial charge >= 0.3 is 0 Å². The molecule has 1 heterocycles. The molecule has 0 saturated heterocycles. The van der Waals surface area contributed by atoms with Crippen molar-refractivity contribution >= 4 is 11.8 Å². The maximum absolute atomic E-state index is 4.46. The van der Waals surface area contributed by atoms with Gasteiger partial charge in [0.2, 0.25) is 0 Å². The number of aryl methyl sites for hydroxylation is 3. The van der Waals surface area contributed by atoms with E-state index in [9.17, 15) is 0 Å². The van der Waals surface area contributed by atoms with Crippen molar-refractivity contribution in [3.8, 4) is 0 Å². The molecular weight excluding hydrogens is 278 g/mol. The summed E-state index contributed by atoms with van der Waals surface area (Å²) in [5.74, 6) is 0.932. The van der Waals surface area contributed by atoms with Crippen molar-refractivity contribution in [2.24, 2.45) is 0 Å². The van der Waals surface area contributed by atoms with Crippen LogP contribution in [-0.2, 0) is 0 Å². The molecule has 2 rings (SSSR count). The summed E-state index contributed by atoms with van der Waals surface area (Å²) in [5, 5.41) is 4.42. The molecule has 0 spiro atoms. The highest BCUT2D eigenvalue weighted by atomic mass is 32.2. The predicted molar refractivity (Wildman–Crippen MR) is 89.8 cm³/mol. The molecule has 0 bridgehead atoms. The smallest absolute Gasteiger partial charge is 0.187 e. The number of nitrogens with zero attached hydrogens (tertiary/aromatic N) is 2. The van der Waals surface area contributed by atoms with Crippen molar-refractivity contribution in [2.75, 3.05) is 12.3 Å². The average Bonchev–Trinajstić information content (AvgIpc) is 2.44. The molecule has 1 N–H and O–H groups in total. The van der Waals surface area contributed by atoms with E-state index in [1.807, 2.05) is 19.2 Å². The largest absolute Gasteiger partial charge is 0.309 e. The maximum atomic E-state index is 4.46. The Morgan fingerprint density at radius 3 is 2.67 bits per heavy atom. The highest BCUT2D eigenvalue weighted by Crippen LogP contribution is 2.25. The summed E-state index contributed by atoms with van der Waals surface area (Å²) in [6.07, 6.45) is 1.82. The van der Waals surface area contributed by atoms with Crippen molar-refractivity contribution in [1.29, 1.82) is 0 Å². The van der Waals surface area contributed by atoms with Crippen LogP contribution in [0.4, 0.5) is 0 Å². The Kier molecular flexibility index (Phi) is 5.76. The lowest BCUT2D eigenvalue weighted by Gasteiger charge is -2.20. The summed E-state index contributed by atoms with van der Waals surface area (Å²) in [7, 11) is 0. The Labute approximate surface area is 131 Å². The number of hydrogen-bond acceptors (Lipinski definition) is 4. The first-order chi connectivity index (χ1) is 10.1. The van der Waals surface area contributed by atoms with E-state index < -0.39 is 0 Å². The van der Waals surface area contributed by atoms with E-state index >= 15 is 0 Å². The van der Waals surface area contributed by atoms with Gasteiger partial charge in [-0.1, -0.05) is 42.4 Å². The summed E-state index contributed by atoms with van der Waals surface area (Å²) in [4.78, 5) is 8.79. The lowest BCUT2D eigenvalue weighted by Crippen LogP contribution is -2.23. The average molecular weight is 301 g/mol. The molecule has 0 radical (unpaired) electrons. The monoisotopic (exact) mass is 301 g/mol. The summed E-state index contributed by atoms with van der Waals surface area (Å²) in [6.45, 7) is 9.41. The fraction of sp³-hybridized carbons (Fsp3) is 0.412. The van der Waals surface area contributed by atoms with Crippen LogP contribution in [0, 0.1) is 20.8 Å². The maximum Gasteiger partial charge on any atom is 0.187 e. The minimum absolute atomic E-state index is 0.324. The fourth-order valence-corrected chi connectivity index (χ4v) is 3.33. The summed E-state index contributed by atoms with van der Waals surface area (Å²) in [5.41, 5.74) is 5.02. The van der Waals surface area contributed by atoms with E-state index in [-0.39, 0.29) is 0 Å². The van der Waals surface area contributed by atoms with Gasteiger partial charge < -0.3 is 5.32 Å². The minimum Gasteiger partial charge on any atom is -0.309 e. The SMILES string of the molecule is CCNC(CSc1nccc(C)n1)c1ccc(C)cc1C. The van der Waals surface area contributed by atoms with Gasteiger partial charge in [0.25, 0.3) is 0 Å². The third-order valence-electron chi connectivity index (χ3n) is 3.40. The fourth-order valence-electron chi connectivity index (χ4n) is 2.37. The van der Waals surface area contributed by atoms with Crippen LogP contribution in [0.25, 0.3) is 0 Å². The minimum atomic E-state index is 0.324. The van der Waals surface area contributed by atoms with Gasteiger partial charge in [-0.25, -0.2) is 9.97 Å². The normalized spacial score (nSPS) is 12.4. The Hall–Kier alpha value is -1.39. The molecule has 0 aliphatic heterocycles. The first-order valence-electron chi connectivity index (χ1n) is 7.33. The van der Waals surface area contributed by atoms with Crippen LogP contribution in [0.1, 0.15) is 35.3 Å². The van der Waals surface area contributed by atoms with Crippen LogP contribution in [0.15, 0.2) is 35.6 Å². The lowest BCUT2D eigenvalue weighted by atomic mass is 10.0. The second-order valence-corrected chi connectivity index (χ2v) is 6.25. The quantitative estimate of drug-likeness (QED) is 0.650. The van der Waals surface area contributed by atoms with Gasteiger partial charge in [-0.2, -0.15) is 0 Å². The van der Waals surface area contributed by atoms with Crippen LogP contribution in [0.5, 0.6) is 0 Å². The van der Waals surface area contributed by atoms with Gasteiger partial charge in [-0.05, 0) is 44.5 Å². The van der Waals surface area contributed by atoms with Crippen LogP contribution in [0.3, 0.4) is 0 Å². The van der Waals surface area contributed by atoms with E-state index in [2.05, 4.69) is 54.3 Å². The van der Waals surface area contributed by atoms with Gasteiger partial charge in [-0.3, -0.25) is 0 Å². The van der Waals surface area contributed by atoms with Crippen molar-refractivity contribution < 1.29 is 0 Å². The number of rotatable bonds is 6. The first kappa shape index (κ1) is 16.0. The standard InChI is InChI=1S/C17H23N3S/c1-5-18-16(15-7-6-12(2)10-13(15)3)11-21-17-19-9-8-14(4)20-17/h6-10,16,18H,5,11H2,1-4H3. The topological polar surface area (TPSA) is 37.8 Å². The highest BCUT2D eigenvalue weighted by molar-refractivity contribution is 7.99. The van der Waals surface area contributed by atoms with E-state index in [1.165, 1.54) is 16.7 Å². The number of benzene rings is 1. The van der Waals surface area contributed by atoms with Crippen LogP contribution >= 0.6 is 11.8 Å². The van der Waals surface area contributed by atoms with Gasteiger partial charge in [-0.15, -0.1) is 0 Å². The number of thioether (sulfide) groups is 1. The van der Waals surface area contributed by atoms with Crippen LogP contribution < -0.4 is 5.32 Å². The third-order valence-corrected chi connectivity index (χ3v) is 4.36. The van der Waals surface area contributed by atoms with Crippen molar-refractivity contribution in [2.45, 2.75) is 38.9 Å². The van der Waals surface area contributed by atoms with Gasteiger partial charge in [0.1, 0.15) is 0 Å². The zero-order valence-electron chi connectivity index (χ0n) is 13.2. The number of nitrogens with one attached hydrogen (secondary N) is 1. The number of aromatic nitrogens is 2. The summed E-state index contributed by atoms with van der Waals surface area (Å²) >= 11 is 1.71. The van der Waals surface area contributed by atoms with Crippen molar-refractivity contribution in [1.82, 2.24) is 15.3 Å². The lowest BCUT2D eigenvalue weighted by molar-refractivity contribution is 0.602. The van der Waals surface area contributed by atoms with Gasteiger partial charge in [0.15, 0.2) is 5.16 Å². The van der Waals surface area contributed by atoms with E-state index in [1.54, 1.807) is 11.8 Å². The molecule has 0 fully saturated rings. The Morgan fingerprint density at radius 1 is 1.19 bits per heavy atom. The van der Waals surface area contributed by atoms with E-state index in [0.717, 1.165) is 23.1 Å². The molecule has 112 valence electrons. The highest BCUT2D eigenvalue weighted by Gasteiger charge is 2.14. The van der Waals surface area contributed by atoms with Crippen LogP contribution in [-0.4, -0.2) is 22.3 Å². The molecule has 0 amide bonds. The van der Waals surface area contributed by atoms with Crippen LogP contribution in [0.2, 0.25) is 0 Å². The summed E-state index contributed by atoms with van der Waals surface area (Å²) < 4.78 is 0. The number of hydrogen-bond donors (Lipinski definition) is 1. The molecule has 4 heteroatoms. The Bertz CT molecular complexity index is 598. The Morgan fingerprint density at radius 2 is 2.00 bits per heavy atom. The predicted octanol–water partition coefficient (Wildman–Crippen LogP) is 3.84. The second kappa shape index (κ2) is 7.57. The van der Waals surface area contributed by atoms with E-state index in [4.69, 9.17) is 0 Å². The molecule has 1 unspecified atom stereocenters. The zero-order valence-corrected chi connectivity index (χ0v) is 14.0. The molecule has 1 aromatic carbocycles. The summed E-state index contributed by atoms with van der Waals surface area (Å²) in [6, 6.07) is 8.91. The molecule has 0 aliphatic carbocycles. The molecule has 0 saturated carbocycles. The van der Waals surface area contributed by atoms with Crippen molar-refractivity contribution in [3.05, 3.63) is 52.8 Å². The second-order valence-electron chi connectivity index (χ2n) is 5.26. The first-order valence-corrected chi connectivity index (χ1v) is 8.31. The zero-order chi connectivity index (χ0) is 15.2. The third kappa shape index (κ3) is 4.55. The molecule has 3 nitrogen and oxygen atoms in total. The molecule has 1 atom stereocenters. The molecular formula is C17H23N3S. The van der Waals surface area contributed by atoms with Crippen molar-refractivity contribution in [3.63, 3.8) is 0 Å². The molecule has 0 aliphatic rings. The van der Waals surface area contributed by atoms with Gasteiger partial charge in [0, 0.05) is 23.7 Å².